The Kier molecular flexibility index (Phi) is 5.14. The predicted molar refractivity (Wildman–Crippen MR) is 90.2 cm³/mol. The van der Waals surface area contributed by atoms with Gasteiger partial charge in [-0.25, -0.2) is 4.98 Å². The second-order valence-corrected chi connectivity index (χ2v) is 6.82. The number of nitrogens with one attached hydrogen (secondary N) is 1. The third-order valence-corrected chi connectivity index (χ3v) is 5.40. The number of nitriles is 1. The first-order valence-electron chi connectivity index (χ1n) is 8.70. The molecule has 0 spiro atoms. The smallest absolute Gasteiger partial charge is 0.128 e. The number of aliphatic hydroxyl groups is 1. The first-order chi connectivity index (χ1) is 11.2. The molecule has 2 saturated heterocycles. The Bertz CT molecular complexity index is 569. The van der Waals surface area contributed by atoms with E-state index in [0.29, 0.717) is 17.4 Å². The Morgan fingerprint density at radius 2 is 1.87 bits per heavy atom. The fourth-order valence-electron chi connectivity index (χ4n) is 3.88. The van der Waals surface area contributed by atoms with Crippen molar-refractivity contribution >= 4 is 5.82 Å². The predicted octanol–water partition coefficient (Wildman–Crippen LogP) is 1.84. The van der Waals surface area contributed by atoms with E-state index in [-0.39, 0.29) is 6.10 Å². The van der Waals surface area contributed by atoms with Crippen LogP contribution in [0.1, 0.15) is 36.9 Å². The summed E-state index contributed by atoms with van der Waals surface area (Å²) in [5.41, 5.74) is 1.44. The van der Waals surface area contributed by atoms with Crippen molar-refractivity contribution in [1.82, 2.24) is 10.3 Å². The number of nitrogens with zero attached hydrogens (tertiary/aromatic N) is 3. The highest BCUT2D eigenvalue weighted by Gasteiger charge is 2.31. The van der Waals surface area contributed by atoms with Crippen LogP contribution in [0.4, 0.5) is 5.82 Å². The summed E-state index contributed by atoms with van der Waals surface area (Å²) in [5.74, 6) is 1.83. The average Bonchev–Trinajstić information content (AvgIpc) is 2.62. The van der Waals surface area contributed by atoms with E-state index in [1.807, 2.05) is 19.1 Å². The van der Waals surface area contributed by atoms with Gasteiger partial charge in [0.25, 0.3) is 0 Å². The second-order valence-electron chi connectivity index (χ2n) is 6.82. The molecule has 0 aromatic carbocycles. The summed E-state index contributed by atoms with van der Waals surface area (Å²) in [6, 6.07) is 5.96. The van der Waals surface area contributed by atoms with Crippen LogP contribution in [0, 0.1) is 30.1 Å². The maximum absolute atomic E-state index is 10.7. The highest BCUT2D eigenvalue weighted by molar-refractivity contribution is 5.45. The van der Waals surface area contributed by atoms with E-state index in [1.54, 1.807) is 0 Å². The summed E-state index contributed by atoms with van der Waals surface area (Å²) in [6.45, 7) is 5.83. The highest BCUT2D eigenvalue weighted by atomic mass is 16.3. The number of hydrogen-bond donors (Lipinski definition) is 2. The van der Waals surface area contributed by atoms with Gasteiger partial charge in [-0.05, 0) is 69.7 Å². The molecule has 0 radical (unpaired) electrons. The molecule has 2 aliphatic heterocycles. The van der Waals surface area contributed by atoms with Gasteiger partial charge in [0, 0.05) is 13.1 Å². The third-order valence-electron chi connectivity index (χ3n) is 5.40. The zero-order chi connectivity index (χ0) is 16.2. The molecule has 0 aliphatic carbocycles. The number of rotatable bonds is 3. The summed E-state index contributed by atoms with van der Waals surface area (Å²) in [5, 5.41) is 23.0. The third kappa shape index (κ3) is 3.65. The molecule has 0 saturated carbocycles. The Balaban J connectivity index is 1.57. The van der Waals surface area contributed by atoms with Crippen molar-refractivity contribution < 1.29 is 5.11 Å². The van der Waals surface area contributed by atoms with Gasteiger partial charge in [-0.1, -0.05) is 0 Å². The molecule has 124 valence electrons. The van der Waals surface area contributed by atoms with Gasteiger partial charge in [0.15, 0.2) is 0 Å². The van der Waals surface area contributed by atoms with E-state index in [1.165, 1.54) is 0 Å². The molecule has 1 atom stereocenters. The van der Waals surface area contributed by atoms with Crippen LogP contribution in [0.5, 0.6) is 0 Å². The van der Waals surface area contributed by atoms with Gasteiger partial charge >= 0.3 is 0 Å². The molecule has 5 heteroatoms. The van der Waals surface area contributed by atoms with Gasteiger partial charge in [-0.15, -0.1) is 0 Å². The monoisotopic (exact) mass is 314 g/mol. The average molecular weight is 314 g/mol. The van der Waals surface area contributed by atoms with Crippen LogP contribution in [0.3, 0.4) is 0 Å². The number of aliphatic hydroxyl groups excluding tert-OH is 1. The van der Waals surface area contributed by atoms with Crippen molar-refractivity contribution in [1.29, 1.82) is 5.26 Å². The van der Waals surface area contributed by atoms with E-state index in [0.717, 1.165) is 63.4 Å². The minimum atomic E-state index is -0.157. The van der Waals surface area contributed by atoms with Gasteiger partial charge < -0.3 is 15.3 Å². The largest absolute Gasteiger partial charge is 0.393 e. The number of piperidine rings is 2. The Hall–Kier alpha value is -1.64. The first kappa shape index (κ1) is 16.2. The van der Waals surface area contributed by atoms with Crippen LogP contribution in [-0.4, -0.2) is 42.4 Å². The van der Waals surface area contributed by atoms with Crippen molar-refractivity contribution in [2.75, 3.05) is 31.1 Å². The molecule has 3 rings (SSSR count). The summed E-state index contributed by atoms with van der Waals surface area (Å²) in [7, 11) is 0. The van der Waals surface area contributed by atoms with Crippen LogP contribution in [0.2, 0.25) is 0 Å². The minimum absolute atomic E-state index is 0.157. The van der Waals surface area contributed by atoms with Crippen LogP contribution in [0.15, 0.2) is 12.1 Å². The van der Waals surface area contributed by atoms with Gasteiger partial charge in [-0.3, -0.25) is 0 Å². The second kappa shape index (κ2) is 7.29. The fourth-order valence-corrected chi connectivity index (χ4v) is 3.88. The summed E-state index contributed by atoms with van der Waals surface area (Å²) < 4.78 is 0. The molecule has 1 aromatic heterocycles. The number of aryl methyl sites for hydroxylation is 1. The highest BCUT2D eigenvalue weighted by Crippen LogP contribution is 2.30. The quantitative estimate of drug-likeness (QED) is 0.891. The minimum Gasteiger partial charge on any atom is -0.393 e. The maximum atomic E-state index is 10.7. The summed E-state index contributed by atoms with van der Waals surface area (Å²) >= 11 is 0. The first-order valence-corrected chi connectivity index (χ1v) is 8.70. The van der Waals surface area contributed by atoms with E-state index < -0.39 is 0 Å². The fraction of sp³-hybridized carbons (Fsp3) is 0.667. The lowest BCUT2D eigenvalue weighted by atomic mass is 9.80. The number of aromatic nitrogens is 1. The maximum Gasteiger partial charge on any atom is 0.128 e. The van der Waals surface area contributed by atoms with Crippen LogP contribution < -0.4 is 10.2 Å². The molecule has 3 heterocycles. The summed E-state index contributed by atoms with van der Waals surface area (Å²) in [4.78, 5) is 6.84. The summed E-state index contributed by atoms with van der Waals surface area (Å²) in [6.07, 6.45) is 4.07. The lowest BCUT2D eigenvalue weighted by Gasteiger charge is -2.38. The van der Waals surface area contributed by atoms with Crippen molar-refractivity contribution in [3.05, 3.63) is 23.4 Å². The molecule has 5 nitrogen and oxygen atoms in total. The van der Waals surface area contributed by atoms with Crippen molar-refractivity contribution in [3.8, 4) is 6.07 Å². The lowest BCUT2D eigenvalue weighted by Crippen LogP contribution is -2.43. The van der Waals surface area contributed by atoms with E-state index in [4.69, 9.17) is 5.26 Å². The van der Waals surface area contributed by atoms with Gasteiger partial charge in [-0.2, -0.15) is 5.26 Å². The normalized spacial score (nSPS) is 21.9. The Labute approximate surface area is 138 Å². The topological polar surface area (TPSA) is 72.2 Å². The zero-order valence-electron chi connectivity index (χ0n) is 13.8. The number of hydrogen-bond acceptors (Lipinski definition) is 5. The van der Waals surface area contributed by atoms with Crippen LogP contribution in [-0.2, 0) is 0 Å². The van der Waals surface area contributed by atoms with E-state index in [2.05, 4.69) is 21.3 Å². The van der Waals surface area contributed by atoms with Crippen molar-refractivity contribution in [3.63, 3.8) is 0 Å². The van der Waals surface area contributed by atoms with Gasteiger partial charge in [0.1, 0.15) is 11.9 Å². The van der Waals surface area contributed by atoms with Crippen molar-refractivity contribution in [2.24, 2.45) is 11.8 Å². The molecule has 2 fully saturated rings. The molecular formula is C18H26N4O. The van der Waals surface area contributed by atoms with Crippen LogP contribution in [0.25, 0.3) is 0 Å². The molecule has 1 unspecified atom stereocenters. The zero-order valence-corrected chi connectivity index (χ0v) is 13.8. The lowest BCUT2D eigenvalue weighted by molar-refractivity contribution is 0.0265. The number of anilines is 1. The van der Waals surface area contributed by atoms with E-state index in [9.17, 15) is 5.11 Å². The van der Waals surface area contributed by atoms with Crippen LogP contribution >= 0.6 is 0 Å². The van der Waals surface area contributed by atoms with Gasteiger partial charge in [0.05, 0.1) is 17.4 Å². The molecule has 2 N–H and O–H groups in total. The standard InChI is InChI=1S/C18H26N4O/c1-13-16(12-19)2-3-17(21-13)22-10-6-15(7-11-22)18(23)14-4-8-20-9-5-14/h2-3,14-15,18,20,23H,4-11H2,1H3. The van der Waals surface area contributed by atoms with Crippen molar-refractivity contribution in [2.45, 2.75) is 38.7 Å². The molecule has 2 aliphatic rings. The van der Waals surface area contributed by atoms with E-state index >= 15 is 0 Å². The van der Waals surface area contributed by atoms with Gasteiger partial charge in [0.2, 0.25) is 0 Å². The number of pyridine rings is 1. The molecule has 0 amide bonds. The molecule has 1 aromatic rings. The SMILES string of the molecule is Cc1nc(N2CCC(C(O)C3CCNCC3)CC2)ccc1C#N. The Morgan fingerprint density at radius 3 is 2.48 bits per heavy atom. The molecular weight excluding hydrogens is 288 g/mol. The molecule has 0 bridgehead atoms. The molecule has 23 heavy (non-hydrogen) atoms. The Morgan fingerprint density at radius 1 is 1.22 bits per heavy atom.